The Labute approximate surface area is 168 Å². The van der Waals surface area contributed by atoms with E-state index < -0.39 is 0 Å². The van der Waals surface area contributed by atoms with Crippen LogP contribution in [0.1, 0.15) is 0 Å². The SMILES string of the molecule is O=C(Nc1ccc(Cl)cc1)N1CCN(c2cc(-c3ccccc3)ncn2)CC1. The van der Waals surface area contributed by atoms with Crippen molar-refractivity contribution in [2.45, 2.75) is 0 Å². The maximum Gasteiger partial charge on any atom is 0.321 e. The van der Waals surface area contributed by atoms with Crippen LogP contribution < -0.4 is 10.2 Å². The molecule has 0 saturated carbocycles. The molecule has 0 bridgehead atoms. The maximum absolute atomic E-state index is 12.5. The van der Waals surface area contributed by atoms with E-state index in [4.69, 9.17) is 11.6 Å². The fourth-order valence-electron chi connectivity index (χ4n) is 3.16. The fourth-order valence-corrected chi connectivity index (χ4v) is 3.29. The van der Waals surface area contributed by atoms with Crippen LogP contribution in [0.4, 0.5) is 16.3 Å². The van der Waals surface area contributed by atoms with E-state index in [1.807, 2.05) is 41.3 Å². The number of piperazine rings is 1. The second-order valence-electron chi connectivity index (χ2n) is 6.54. The zero-order valence-electron chi connectivity index (χ0n) is 15.3. The summed E-state index contributed by atoms with van der Waals surface area (Å²) in [6.45, 7) is 2.70. The molecule has 2 aromatic carbocycles. The highest BCUT2D eigenvalue weighted by atomic mass is 35.5. The number of rotatable bonds is 3. The largest absolute Gasteiger partial charge is 0.353 e. The molecule has 4 rings (SSSR count). The lowest BCUT2D eigenvalue weighted by Gasteiger charge is -2.35. The third kappa shape index (κ3) is 4.23. The van der Waals surface area contributed by atoms with Crippen molar-refractivity contribution >= 4 is 29.1 Å². The Hall–Kier alpha value is -3.12. The Balaban J connectivity index is 1.37. The molecule has 6 nitrogen and oxygen atoms in total. The van der Waals surface area contributed by atoms with Gasteiger partial charge in [-0.25, -0.2) is 14.8 Å². The second-order valence-corrected chi connectivity index (χ2v) is 6.98. The summed E-state index contributed by atoms with van der Waals surface area (Å²) in [4.78, 5) is 25.3. The maximum atomic E-state index is 12.5. The lowest BCUT2D eigenvalue weighted by molar-refractivity contribution is 0.208. The predicted molar refractivity (Wildman–Crippen MR) is 112 cm³/mol. The normalized spacial score (nSPS) is 14.0. The number of benzene rings is 2. The number of urea groups is 1. The van der Waals surface area contributed by atoms with Gasteiger partial charge < -0.3 is 15.1 Å². The third-order valence-corrected chi connectivity index (χ3v) is 4.96. The average Bonchev–Trinajstić information content (AvgIpc) is 2.76. The van der Waals surface area contributed by atoms with Gasteiger partial charge in [0, 0.05) is 48.5 Å². The molecule has 2 heterocycles. The molecular formula is C21H20ClN5O. The average molecular weight is 394 g/mol. The molecule has 0 unspecified atom stereocenters. The number of carbonyl (C=O) groups is 1. The molecule has 1 aromatic heterocycles. The fraction of sp³-hybridized carbons (Fsp3) is 0.190. The van der Waals surface area contributed by atoms with E-state index in [1.165, 1.54) is 0 Å². The lowest BCUT2D eigenvalue weighted by atomic mass is 10.1. The van der Waals surface area contributed by atoms with Gasteiger partial charge in [-0.05, 0) is 24.3 Å². The van der Waals surface area contributed by atoms with Crippen LogP contribution in [0, 0.1) is 0 Å². The molecule has 1 saturated heterocycles. The van der Waals surface area contributed by atoms with E-state index in [-0.39, 0.29) is 6.03 Å². The summed E-state index contributed by atoms with van der Waals surface area (Å²) < 4.78 is 0. The number of nitrogens with one attached hydrogen (secondary N) is 1. The van der Waals surface area contributed by atoms with E-state index >= 15 is 0 Å². The summed E-state index contributed by atoms with van der Waals surface area (Å²) in [7, 11) is 0. The van der Waals surface area contributed by atoms with Gasteiger partial charge in [0.1, 0.15) is 12.1 Å². The number of carbonyl (C=O) groups excluding carboxylic acids is 1. The van der Waals surface area contributed by atoms with Gasteiger partial charge in [-0.2, -0.15) is 0 Å². The molecule has 1 fully saturated rings. The van der Waals surface area contributed by atoms with Crippen LogP contribution in [0.2, 0.25) is 5.02 Å². The van der Waals surface area contributed by atoms with Gasteiger partial charge in [-0.1, -0.05) is 41.9 Å². The highest BCUT2D eigenvalue weighted by Crippen LogP contribution is 2.21. The Kier molecular flexibility index (Phi) is 5.39. The first-order chi connectivity index (χ1) is 13.7. The smallest absolute Gasteiger partial charge is 0.321 e. The number of amides is 2. The Bertz CT molecular complexity index is 941. The molecule has 28 heavy (non-hydrogen) atoms. The van der Waals surface area contributed by atoms with E-state index in [1.54, 1.807) is 30.6 Å². The summed E-state index contributed by atoms with van der Waals surface area (Å²) in [5.41, 5.74) is 2.70. The van der Waals surface area contributed by atoms with Crippen LogP contribution in [0.5, 0.6) is 0 Å². The number of aromatic nitrogens is 2. The standard InChI is InChI=1S/C21H20ClN5O/c22-17-6-8-18(9-7-17)25-21(28)27-12-10-26(11-13-27)20-14-19(23-15-24-20)16-4-2-1-3-5-16/h1-9,14-15H,10-13H2,(H,25,28). The van der Waals surface area contributed by atoms with Crippen molar-refractivity contribution in [3.63, 3.8) is 0 Å². The molecule has 1 aliphatic rings. The molecule has 7 heteroatoms. The van der Waals surface area contributed by atoms with Gasteiger partial charge in [0.15, 0.2) is 0 Å². The van der Waals surface area contributed by atoms with Crippen LogP contribution in [-0.2, 0) is 0 Å². The Morgan fingerprint density at radius 2 is 1.64 bits per heavy atom. The van der Waals surface area contributed by atoms with Crippen molar-refractivity contribution in [1.82, 2.24) is 14.9 Å². The molecule has 142 valence electrons. The lowest BCUT2D eigenvalue weighted by Crippen LogP contribution is -2.50. The Morgan fingerprint density at radius 3 is 2.36 bits per heavy atom. The first-order valence-corrected chi connectivity index (χ1v) is 9.51. The van der Waals surface area contributed by atoms with Gasteiger partial charge in [0.2, 0.25) is 0 Å². The minimum Gasteiger partial charge on any atom is -0.353 e. The topological polar surface area (TPSA) is 61.4 Å². The van der Waals surface area contributed by atoms with Crippen molar-refractivity contribution in [2.75, 3.05) is 36.4 Å². The first kappa shape index (κ1) is 18.3. The zero-order valence-corrected chi connectivity index (χ0v) is 16.0. The van der Waals surface area contributed by atoms with Crippen molar-refractivity contribution in [2.24, 2.45) is 0 Å². The molecular weight excluding hydrogens is 374 g/mol. The molecule has 0 aliphatic carbocycles. The molecule has 1 aliphatic heterocycles. The molecule has 0 radical (unpaired) electrons. The van der Waals surface area contributed by atoms with Crippen LogP contribution in [0.15, 0.2) is 67.0 Å². The van der Waals surface area contributed by atoms with Gasteiger partial charge in [-0.15, -0.1) is 0 Å². The number of nitrogens with zero attached hydrogens (tertiary/aromatic N) is 4. The minimum atomic E-state index is -0.102. The monoisotopic (exact) mass is 393 g/mol. The number of hydrogen-bond donors (Lipinski definition) is 1. The van der Waals surface area contributed by atoms with Gasteiger partial charge in [-0.3, -0.25) is 0 Å². The highest BCUT2D eigenvalue weighted by molar-refractivity contribution is 6.30. The third-order valence-electron chi connectivity index (χ3n) is 4.71. The molecule has 2 amide bonds. The molecule has 0 spiro atoms. The summed E-state index contributed by atoms with van der Waals surface area (Å²) in [6.07, 6.45) is 1.59. The first-order valence-electron chi connectivity index (χ1n) is 9.13. The van der Waals surface area contributed by atoms with E-state index in [2.05, 4.69) is 20.2 Å². The van der Waals surface area contributed by atoms with Crippen molar-refractivity contribution in [3.8, 4) is 11.3 Å². The van der Waals surface area contributed by atoms with E-state index in [0.717, 1.165) is 35.9 Å². The second kappa shape index (κ2) is 8.27. The van der Waals surface area contributed by atoms with Crippen LogP contribution in [0.3, 0.4) is 0 Å². The minimum absolute atomic E-state index is 0.102. The van der Waals surface area contributed by atoms with Gasteiger partial charge in [0.05, 0.1) is 5.69 Å². The summed E-state index contributed by atoms with van der Waals surface area (Å²) in [5, 5.41) is 3.55. The predicted octanol–water partition coefficient (Wildman–Crippen LogP) is 4.15. The highest BCUT2D eigenvalue weighted by Gasteiger charge is 2.22. The summed E-state index contributed by atoms with van der Waals surface area (Å²) >= 11 is 5.88. The van der Waals surface area contributed by atoms with E-state index in [9.17, 15) is 4.79 Å². The molecule has 1 N–H and O–H groups in total. The molecule has 3 aromatic rings. The molecule has 0 atom stereocenters. The van der Waals surface area contributed by atoms with Crippen LogP contribution in [-0.4, -0.2) is 47.1 Å². The Morgan fingerprint density at radius 1 is 0.929 bits per heavy atom. The van der Waals surface area contributed by atoms with Crippen LogP contribution in [0.25, 0.3) is 11.3 Å². The summed E-state index contributed by atoms with van der Waals surface area (Å²) in [6, 6.07) is 19.0. The van der Waals surface area contributed by atoms with Gasteiger partial charge >= 0.3 is 6.03 Å². The number of halogens is 1. The quantitative estimate of drug-likeness (QED) is 0.726. The van der Waals surface area contributed by atoms with Crippen molar-refractivity contribution in [3.05, 3.63) is 72.0 Å². The number of anilines is 2. The van der Waals surface area contributed by atoms with Gasteiger partial charge in [0.25, 0.3) is 0 Å². The summed E-state index contributed by atoms with van der Waals surface area (Å²) in [5.74, 6) is 0.881. The number of hydrogen-bond acceptors (Lipinski definition) is 4. The zero-order chi connectivity index (χ0) is 19.3. The van der Waals surface area contributed by atoms with Crippen molar-refractivity contribution in [1.29, 1.82) is 0 Å². The van der Waals surface area contributed by atoms with Crippen LogP contribution >= 0.6 is 11.6 Å². The van der Waals surface area contributed by atoms with Crippen molar-refractivity contribution < 1.29 is 4.79 Å². The van der Waals surface area contributed by atoms with E-state index in [0.29, 0.717) is 18.1 Å².